The number of amides is 2. The zero-order valence-corrected chi connectivity index (χ0v) is 22.1. The summed E-state index contributed by atoms with van der Waals surface area (Å²) in [5.41, 5.74) is 7.93. The van der Waals surface area contributed by atoms with Crippen molar-refractivity contribution < 1.29 is 14.3 Å². The molecule has 2 aliphatic heterocycles. The SMILES string of the molecule is N[C@H](Cc1ccc(Cl)c(Cl)c1)C(=O)N1CCC2(CCCCc3ccccc3OCCCNC2=O)CC1. The number of aryl methyl sites for hydroxylation is 1. The molecule has 3 N–H and O–H groups in total. The maximum Gasteiger partial charge on any atom is 0.239 e. The Balaban J connectivity index is 1.36. The molecule has 1 atom stereocenters. The fourth-order valence-corrected chi connectivity index (χ4v) is 5.58. The standard InChI is InChI=1S/C28H35Cl2N3O3/c29-22-10-9-20(18-23(22)30)19-24(31)26(34)33-15-12-28(13-16-33)11-4-3-7-21-6-1-2-8-25(21)36-17-5-14-32-27(28)35/h1-2,6,8-10,18,24H,3-5,7,11-17,19,31H2,(H,32,35)/t24-/m1/s1. The summed E-state index contributed by atoms with van der Waals surface area (Å²) >= 11 is 12.1. The van der Waals surface area contributed by atoms with Crippen molar-refractivity contribution >= 4 is 35.0 Å². The number of hydrogen-bond donors (Lipinski definition) is 2. The number of ether oxygens (including phenoxy) is 1. The topological polar surface area (TPSA) is 84.7 Å². The molecule has 2 aliphatic rings. The van der Waals surface area contributed by atoms with E-state index in [0.29, 0.717) is 55.5 Å². The molecule has 0 unspecified atom stereocenters. The maximum atomic E-state index is 13.3. The number of nitrogens with zero attached hydrogens (tertiary/aromatic N) is 1. The zero-order valence-electron chi connectivity index (χ0n) is 20.6. The van der Waals surface area contributed by atoms with Crippen LogP contribution < -0.4 is 15.8 Å². The molecule has 2 heterocycles. The first-order valence-electron chi connectivity index (χ1n) is 12.9. The molecule has 2 amide bonds. The normalized spacial score (nSPS) is 19.6. The smallest absolute Gasteiger partial charge is 0.239 e. The van der Waals surface area contributed by atoms with Gasteiger partial charge >= 0.3 is 0 Å². The number of nitrogens with two attached hydrogens (primary N) is 1. The van der Waals surface area contributed by atoms with Crippen molar-refractivity contribution in [1.29, 1.82) is 0 Å². The first-order chi connectivity index (χ1) is 17.4. The Hall–Kier alpha value is -2.28. The third-order valence-corrected chi connectivity index (χ3v) is 8.20. The summed E-state index contributed by atoms with van der Waals surface area (Å²) in [5, 5.41) is 4.07. The zero-order chi connectivity index (χ0) is 25.5. The van der Waals surface area contributed by atoms with E-state index in [1.54, 1.807) is 12.1 Å². The van der Waals surface area contributed by atoms with Gasteiger partial charge in [0.15, 0.2) is 0 Å². The lowest BCUT2D eigenvalue weighted by Crippen LogP contribution is -2.53. The Morgan fingerprint density at radius 3 is 2.61 bits per heavy atom. The second kappa shape index (κ2) is 12.3. The van der Waals surface area contributed by atoms with Crippen LogP contribution >= 0.6 is 23.2 Å². The fourth-order valence-electron chi connectivity index (χ4n) is 5.26. The molecule has 2 aromatic rings. The molecule has 1 fully saturated rings. The molecule has 2 aromatic carbocycles. The van der Waals surface area contributed by atoms with E-state index < -0.39 is 11.5 Å². The van der Waals surface area contributed by atoms with Gasteiger partial charge in [0.2, 0.25) is 11.8 Å². The number of fused-ring (bicyclic) bond motifs is 1. The van der Waals surface area contributed by atoms with E-state index in [1.807, 2.05) is 29.2 Å². The van der Waals surface area contributed by atoms with E-state index in [-0.39, 0.29) is 11.8 Å². The lowest BCUT2D eigenvalue weighted by Gasteiger charge is -2.41. The van der Waals surface area contributed by atoms with Crippen LogP contribution in [0.2, 0.25) is 10.0 Å². The lowest BCUT2D eigenvalue weighted by molar-refractivity contribution is -0.141. The summed E-state index contributed by atoms with van der Waals surface area (Å²) in [5.74, 6) is 0.961. The first kappa shape index (κ1) is 26.8. The summed E-state index contributed by atoms with van der Waals surface area (Å²) in [6.45, 7) is 2.23. The van der Waals surface area contributed by atoms with Crippen LogP contribution in [0.5, 0.6) is 5.75 Å². The highest BCUT2D eigenvalue weighted by Gasteiger charge is 2.42. The average Bonchev–Trinajstić information content (AvgIpc) is 2.89. The van der Waals surface area contributed by atoms with Crippen LogP contribution in [0.25, 0.3) is 0 Å². The molecule has 8 heteroatoms. The van der Waals surface area contributed by atoms with Gasteiger partial charge in [-0.25, -0.2) is 0 Å². The Labute approximate surface area is 223 Å². The van der Waals surface area contributed by atoms with E-state index in [1.165, 1.54) is 5.56 Å². The predicted molar refractivity (Wildman–Crippen MR) is 144 cm³/mol. The predicted octanol–water partition coefficient (Wildman–Crippen LogP) is 4.78. The van der Waals surface area contributed by atoms with Crippen molar-refractivity contribution in [2.45, 2.75) is 57.4 Å². The van der Waals surface area contributed by atoms with Crippen LogP contribution in [0, 0.1) is 5.41 Å². The highest BCUT2D eigenvalue weighted by molar-refractivity contribution is 6.42. The van der Waals surface area contributed by atoms with Crippen LogP contribution in [0.15, 0.2) is 42.5 Å². The molecule has 4 rings (SSSR count). The molecule has 0 radical (unpaired) electrons. The highest BCUT2D eigenvalue weighted by Crippen LogP contribution is 2.38. The average molecular weight is 533 g/mol. The van der Waals surface area contributed by atoms with Gasteiger partial charge in [-0.15, -0.1) is 0 Å². The van der Waals surface area contributed by atoms with Crippen molar-refractivity contribution in [3.8, 4) is 5.75 Å². The van der Waals surface area contributed by atoms with E-state index in [2.05, 4.69) is 11.4 Å². The Morgan fingerprint density at radius 1 is 1.06 bits per heavy atom. The lowest BCUT2D eigenvalue weighted by atomic mass is 9.73. The molecule has 0 bridgehead atoms. The van der Waals surface area contributed by atoms with Crippen molar-refractivity contribution in [2.24, 2.45) is 11.1 Å². The van der Waals surface area contributed by atoms with Crippen LogP contribution in [0.3, 0.4) is 0 Å². The third-order valence-electron chi connectivity index (χ3n) is 7.46. The number of carbonyl (C=O) groups is 2. The summed E-state index contributed by atoms with van der Waals surface area (Å²) in [4.78, 5) is 28.2. The van der Waals surface area contributed by atoms with Gasteiger partial charge in [-0.05, 0) is 74.3 Å². The number of carbonyl (C=O) groups excluding carboxylic acids is 2. The third kappa shape index (κ3) is 6.53. The minimum absolute atomic E-state index is 0.0882. The fraction of sp³-hybridized carbons (Fsp3) is 0.500. The number of nitrogens with one attached hydrogen (secondary N) is 1. The molecule has 36 heavy (non-hydrogen) atoms. The second-order valence-corrected chi connectivity index (χ2v) is 10.8. The summed E-state index contributed by atoms with van der Waals surface area (Å²) in [6.07, 6.45) is 6.14. The van der Waals surface area contributed by atoms with E-state index >= 15 is 0 Å². The maximum absolute atomic E-state index is 13.3. The van der Waals surface area contributed by atoms with Gasteiger partial charge in [0, 0.05) is 19.6 Å². The number of para-hydroxylation sites is 1. The number of benzene rings is 2. The number of hydrogen-bond acceptors (Lipinski definition) is 4. The number of likely N-dealkylation sites (tertiary alicyclic amines) is 1. The minimum atomic E-state index is -0.662. The molecule has 6 nitrogen and oxygen atoms in total. The monoisotopic (exact) mass is 531 g/mol. The van der Waals surface area contributed by atoms with Crippen molar-refractivity contribution in [2.75, 3.05) is 26.2 Å². The highest BCUT2D eigenvalue weighted by atomic mass is 35.5. The molecule has 1 saturated heterocycles. The Kier molecular flexibility index (Phi) is 9.15. The first-order valence-corrected chi connectivity index (χ1v) is 13.6. The molecule has 0 aliphatic carbocycles. The molecular weight excluding hydrogens is 497 g/mol. The van der Waals surface area contributed by atoms with Crippen LogP contribution in [-0.4, -0.2) is 49.0 Å². The summed E-state index contributed by atoms with van der Waals surface area (Å²) < 4.78 is 5.97. The van der Waals surface area contributed by atoms with Gasteiger partial charge < -0.3 is 20.7 Å². The Morgan fingerprint density at radius 2 is 1.83 bits per heavy atom. The summed E-state index contributed by atoms with van der Waals surface area (Å²) in [7, 11) is 0. The molecular formula is C28H35Cl2N3O3. The number of halogens is 2. The quantitative estimate of drug-likeness (QED) is 0.596. The molecule has 194 valence electrons. The van der Waals surface area contributed by atoms with E-state index in [0.717, 1.165) is 43.4 Å². The summed E-state index contributed by atoms with van der Waals surface area (Å²) in [6, 6.07) is 12.8. The van der Waals surface area contributed by atoms with Crippen LogP contribution in [0.1, 0.15) is 49.7 Å². The molecule has 0 saturated carbocycles. The van der Waals surface area contributed by atoms with Gasteiger partial charge in [-0.2, -0.15) is 0 Å². The van der Waals surface area contributed by atoms with Crippen LogP contribution in [0.4, 0.5) is 0 Å². The molecule has 0 aromatic heterocycles. The largest absolute Gasteiger partial charge is 0.493 e. The van der Waals surface area contributed by atoms with Crippen LogP contribution in [-0.2, 0) is 22.4 Å². The van der Waals surface area contributed by atoms with Gasteiger partial charge in [0.25, 0.3) is 0 Å². The van der Waals surface area contributed by atoms with Crippen molar-refractivity contribution in [1.82, 2.24) is 10.2 Å². The second-order valence-electron chi connectivity index (χ2n) is 9.94. The van der Waals surface area contributed by atoms with E-state index in [4.69, 9.17) is 33.7 Å². The van der Waals surface area contributed by atoms with Gasteiger partial charge in [0.1, 0.15) is 5.75 Å². The molecule has 1 spiro atoms. The van der Waals surface area contributed by atoms with Crippen molar-refractivity contribution in [3.63, 3.8) is 0 Å². The van der Waals surface area contributed by atoms with Gasteiger partial charge in [0.05, 0.1) is 28.1 Å². The Bertz CT molecular complexity index is 1070. The van der Waals surface area contributed by atoms with Gasteiger partial charge in [-0.3, -0.25) is 9.59 Å². The van der Waals surface area contributed by atoms with Gasteiger partial charge in [-0.1, -0.05) is 53.9 Å². The number of rotatable bonds is 3. The minimum Gasteiger partial charge on any atom is -0.493 e. The van der Waals surface area contributed by atoms with Crippen molar-refractivity contribution in [3.05, 3.63) is 63.6 Å². The van der Waals surface area contributed by atoms with E-state index in [9.17, 15) is 9.59 Å². The number of piperidine rings is 1.